The predicted molar refractivity (Wildman–Crippen MR) is 99.5 cm³/mol. The highest BCUT2D eigenvalue weighted by atomic mass is 127. The highest BCUT2D eigenvalue weighted by Gasteiger charge is 2.26. The summed E-state index contributed by atoms with van der Waals surface area (Å²) < 4.78 is 36.2. The van der Waals surface area contributed by atoms with Crippen LogP contribution in [-0.4, -0.2) is 68.3 Å². The number of piperazine rings is 1. The van der Waals surface area contributed by atoms with E-state index in [0.717, 1.165) is 38.7 Å². The molecule has 0 bridgehead atoms. The number of hydrogen-bond acceptors (Lipinski definition) is 2. The van der Waals surface area contributed by atoms with E-state index >= 15 is 0 Å². The highest BCUT2D eigenvalue weighted by Crippen LogP contribution is 2.21. The normalized spacial score (nSPS) is 17.3. The molecule has 0 atom stereocenters. The molecule has 0 unspecified atom stereocenters. The molecule has 1 N–H and O–H groups in total. The number of aliphatic imine (C=N–C) groups is 1. The summed E-state index contributed by atoms with van der Waals surface area (Å²) in [6.45, 7) is 9.91. The summed E-state index contributed by atoms with van der Waals surface area (Å²) in [7, 11) is 1.72. The minimum Gasteiger partial charge on any atom is -0.356 e. The summed E-state index contributed by atoms with van der Waals surface area (Å²) in [6, 6.07) is 0. The maximum absolute atomic E-state index is 12.1. The summed E-state index contributed by atoms with van der Waals surface area (Å²) in [4.78, 5) is 8.86. The molecule has 0 aromatic rings. The van der Waals surface area contributed by atoms with Gasteiger partial charge < -0.3 is 10.2 Å². The maximum atomic E-state index is 12.1. The average Bonchev–Trinajstić information content (AvgIpc) is 2.42. The van der Waals surface area contributed by atoms with Crippen molar-refractivity contribution in [3.05, 3.63) is 0 Å². The third-order valence-corrected chi connectivity index (χ3v) is 3.68. The van der Waals surface area contributed by atoms with Crippen molar-refractivity contribution in [2.45, 2.75) is 39.3 Å². The molecule has 1 aliphatic rings. The molecule has 0 aromatic carbocycles. The van der Waals surface area contributed by atoms with Crippen molar-refractivity contribution < 1.29 is 13.2 Å². The van der Waals surface area contributed by atoms with Gasteiger partial charge in [0.1, 0.15) is 0 Å². The van der Waals surface area contributed by atoms with Crippen LogP contribution in [0.5, 0.6) is 0 Å². The van der Waals surface area contributed by atoms with E-state index in [9.17, 15) is 13.2 Å². The Kier molecular flexibility index (Phi) is 11.2. The second-order valence-corrected chi connectivity index (χ2v) is 6.23. The van der Waals surface area contributed by atoms with Crippen molar-refractivity contribution in [1.82, 2.24) is 15.1 Å². The number of halogens is 4. The van der Waals surface area contributed by atoms with Gasteiger partial charge in [0.05, 0.1) is 0 Å². The Balaban J connectivity index is 0.00000484. The standard InChI is InChI=1S/C15H29F3N4.HI/c1-13(2)12-21-8-10-22(11-9-21)14(19-3)20-7-5-4-6-15(16,17)18;/h13H,4-12H2,1-3H3,(H,19,20);1H. The molecule has 0 saturated carbocycles. The SMILES string of the molecule is CN=C(NCCCCC(F)(F)F)N1CCN(CC(C)C)CC1.I. The maximum Gasteiger partial charge on any atom is 0.389 e. The molecule has 8 heteroatoms. The molecule has 1 heterocycles. The molecule has 1 fully saturated rings. The van der Waals surface area contributed by atoms with E-state index in [-0.39, 0.29) is 30.4 Å². The van der Waals surface area contributed by atoms with Crippen LogP contribution in [0.15, 0.2) is 4.99 Å². The molecule has 0 aliphatic carbocycles. The van der Waals surface area contributed by atoms with Crippen molar-refractivity contribution in [1.29, 1.82) is 0 Å². The highest BCUT2D eigenvalue weighted by molar-refractivity contribution is 14.0. The zero-order valence-electron chi connectivity index (χ0n) is 14.3. The molecule has 0 amide bonds. The lowest BCUT2D eigenvalue weighted by atomic mass is 10.2. The van der Waals surface area contributed by atoms with E-state index in [4.69, 9.17) is 0 Å². The van der Waals surface area contributed by atoms with Gasteiger partial charge in [0, 0.05) is 52.7 Å². The fourth-order valence-corrected chi connectivity index (χ4v) is 2.64. The van der Waals surface area contributed by atoms with E-state index in [1.807, 2.05) is 0 Å². The van der Waals surface area contributed by atoms with Crippen molar-refractivity contribution in [3.63, 3.8) is 0 Å². The Labute approximate surface area is 154 Å². The van der Waals surface area contributed by atoms with Gasteiger partial charge in [-0.1, -0.05) is 13.8 Å². The van der Waals surface area contributed by atoms with Crippen LogP contribution < -0.4 is 5.32 Å². The van der Waals surface area contributed by atoms with Gasteiger partial charge in [-0.2, -0.15) is 13.2 Å². The molecule has 4 nitrogen and oxygen atoms in total. The molecular weight excluding hydrogens is 420 g/mol. The topological polar surface area (TPSA) is 30.9 Å². The van der Waals surface area contributed by atoms with Crippen LogP contribution in [0.2, 0.25) is 0 Å². The van der Waals surface area contributed by atoms with Gasteiger partial charge in [-0.15, -0.1) is 24.0 Å². The van der Waals surface area contributed by atoms with E-state index < -0.39 is 12.6 Å². The van der Waals surface area contributed by atoms with Gasteiger partial charge in [0.15, 0.2) is 5.96 Å². The molecule has 23 heavy (non-hydrogen) atoms. The summed E-state index contributed by atoms with van der Waals surface area (Å²) in [5.74, 6) is 1.47. The first kappa shape index (κ1) is 22.8. The van der Waals surface area contributed by atoms with Gasteiger partial charge in [-0.3, -0.25) is 9.89 Å². The molecule has 0 spiro atoms. The fourth-order valence-electron chi connectivity index (χ4n) is 2.64. The predicted octanol–water partition coefficient (Wildman–Crippen LogP) is 3.19. The summed E-state index contributed by atoms with van der Waals surface area (Å²) in [5, 5.41) is 3.17. The third kappa shape index (κ3) is 10.3. The summed E-state index contributed by atoms with van der Waals surface area (Å²) in [6.07, 6.45) is -4.09. The van der Waals surface area contributed by atoms with Crippen LogP contribution in [0.1, 0.15) is 33.1 Å². The largest absolute Gasteiger partial charge is 0.389 e. The third-order valence-electron chi connectivity index (χ3n) is 3.68. The van der Waals surface area contributed by atoms with Crippen LogP contribution >= 0.6 is 24.0 Å². The number of rotatable bonds is 6. The van der Waals surface area contributed by atoms with Crippen molar-refractivity contribution in [2.75, 3.05) is 46.3 Å². The second kappa shape index (κ2) is 11.3. The fraction of sp³-hybridized carbons (Fsp3) is 0.933. The van der Waals surface area contributed by atoms with E-state index in [2.05, 4.69) is 34.0 Å². The number of hydrogen-bond donors (Lipinski definition) is 1. The van der Waals surface area contributed by atoms with Crippen LogP contribution in [0, 0.1) is 5.92 Å². The number of nitrogens with one attached hydrogen (secondary N) is 1. The van der Waals surface area contributed by atoms with Crippen LogP contribution in [0.3, 0.4) is 0 Å². The molecule has 138 valence electrons. The molecule has 1 rings (SSSR count). The van der Waals surface area contributed by atoms with Crippen molar-refractivity contribution in [2.24, 2.45) is 10.9 Å². The van der Waals surface area contributed by atoms with E-state index in [1.165, 1.54) is 0 Å². The molecule has 1 aliphatic heterocycles. The number of alkyl halides is 3. The van der Waals surface area contributed by atoms with Gasteiger partial charge in [-0.05, 0) is 18.8 Å². The summed E-state index contributed by atoms with van der Waals surface area (Å²) >= 11 is 0. The van der Waals surface area contributed by atoms with Crippen LogP contribution in [0.25, 0.3) is 0 Å². The first-order chi connectivity index (χ1) is 10.3. The summed E-state index contributed by atoms with van der Waals surface area (Å²) in [5.41, 5.74) is 0. The van der Waals surface area contributed by atoms with E-state index in [1.54, 1.807) is 7.05 Å². The quantitative estimate of drug-likeness (QED) is 0.292. The van der Waals surface area contributed by atoms with Gasteiger partial charge in [0.25, 0.3) is 0 Å². The lowest BCUT2D eigenvalue weighted by molar-refractivity contribution is -0.135. The first-order valence-electron chi connectivity index (χ1n) is 8.06. The molecule has 1 saturated heterocycles. The molecule has 0 aromatic heterocycles. The zero-order chi connectivity index (χ0) is 16.6. The van der Waals surface area contributed by atoms with Crippen molar-refractivity contribution in [3.8, 4) is 0 Å². The monoisotopic (exact) mass is 450 g/mol. The Morgan fingerprint density at radius 2 is 1.74 bits per heavy atom. The Morgan fingerprint density at radius 1 is 1.13 bits per heavy atom. The number of guanidine groups is 1. The second-order valence-electron chi connectivity index (χ2n) is 6.23. The van der Waals surface area contributed by atoms with Gasteiger partial charge in [0.2, 0.25) is 0 Å². The number of unbranched alkanes of at least 4 members (excludes halogenated alkanes) is 1. The van der Waals surface area contributed by atoms with E-state index in [0.29, 0.717) is 18.9 Å². The van der Waals surface area contributed by atoms with Crippen LogP contribution in [-0.2, 0) is 0 Å². The first-order valence-corrected chi connectivity index (χ1v) is 8.06. The molecule has 0 radical (unpaired) electrons. The Morgan fingerprint density at radius 3 is 2.22 bits per heavy atom. The minimum absolute atomic E-state index is 0. The molecular formula is C15H30F3IN4. The van der Waals surface area contributed by atoms with Crippen LogP contribution in [0.4, 0.5) is 13.2 Å². The van der Waals surface area contributed by atoms with Gasteiger partial charge in [-0.25, -0.2) is 0 Å². The minimum atomic E-state index is -4.05. The lowest BCUT2D eigenvalue weighted by Gasteiger charge is -2.37. The smallest absolute Gasteiger partial charge is 0.356 e. The Bertz CT molecular complexity index is 340. The van der Waals surface area contributed by atoms with Crippen molar-refractivity contribution >= 4 is 29.9 Å². The van der Waals surface area contributed by atoms with Gasteiger partial charge >= 0.3 is 6.18 Å². The number of nitrogens with zero attached hydrogens (tertiary/aromatic N) is 3. The Hall–Kier alpha value is -0.250. The zero-order valence-corrected chi connectivity index (χ0v) is 16.7. The average molecular weight is 450 g/mol. The lowest BCUT2D eigenvalue weighted by Crippen LogP contribution is -2.53.